The second-order valence-corrected chi connectivity index (χ2v) is 9.84. The van der Waals surface area contributed by atoms with Crippen molar-refractivity contribution in [3.05, 3.63) is 24.3 Å². The van der Waals surface area contributed by atoms with E-state index in [2.05, 4.69) is 5.32 Å². The lowest BCUT2D eigenvalue weighted by molar-refractivity contribution is -0.114. The first-order valence-corrected chi connectivity index (χ1v) is 9.97. The van der Waals surface area contributed by atoms with Gasteiger partial charge in [0.2, 0.25) is 15.9 Å². The van der Waals surface area contributed by atoms with Crippen molar-refractivity contribution in [3.63, 3.8) is 0 Å². The van der Waals surface area contributed by atoms with Crippen molar-refractivity contribution in [2.45, 2.75) is 29.5 Å². The third kappa shape index (κ3) is 2.53. The molecule has 3 rings (SSSR count). The average molecular weight is 344 g/mol. The molecular weight excluding hydrogens is 328 g/mol. The molecule has 2 aliphatic rings. The molecule has 120 valence electrons. The van der Waals surface area contributed by atoms with Crippen LogP contribution < -0.4 is 5.32 Å². The minimum absolute atomic E-state index is 0.0305. The Morgan fingerprint density at radius 2 is 1.91 bits per heavy atom. The molecule has 0 aliphatic carbocycles. The molecule has 9 heteroatoms. The van der Waals surface area contributed by atoms with Gasteiger partial charge in [0, 0.05) is 25.2 Å². The lowest BCUT2D eigenvalue weighted by atomic mass is 10.3. The molecule has 1 N–H and O–H groups in total. The van der Waals surface area contributed by atoms with Gasteiger partial charge in [0.05, 0.1) is 15.9 Å². The van der Waals surface area contributed by atoms with Gasteiger partial charge in [0.15, 0.2) is 9.84 Å². The maximum absolute atomic E-state index is 12.6. The monoisotopic (exact) mass is 344 g/mol. The van der Waals surface area contributed by atoms with Gasteiger partial charge < -0.3 is 5.32 Å². The molecule has 2 saturated heterocycles. The topological polar surface area (TPSA) is 101 Å². The fourth-order valence-electron chi connectivity index (χ4n) is 3.00. The van der Waals surface area contributed by atoms with Gasteiger partial charge in [0.25, 0.3) is 0 Å². The summed E-state index contributed by atoms with van der Waals surface area (Å²) in [6.45, 7) is 1.40. The van der Waals surface area contributed by atoms with E-state index < -0.39 is 31.2 Å². The Labute approximate surface area is 129 Å². The lowest BCUT2D eigenvalue weighted by Gasteiger charge is -2.26. The van der Waals surface area contributed by atoms with E-state index in [1.165, 1.54) is 35.5 Å². The number of fused-ring (bicyclic) bond motifs is 2. The molecule has 2 fully saturated rings. The zero-order chi connectivity index (χ0) is 16.1. The van der Waals surface area contributed by atoms with Gasteiger partial charge >= 0.3 is 0 Å². The van der Waals surface area contributed by atoms with Gasteiger partial charge in [0.1, 0.15) is 0 Å². The van der Waals surface area contributed by atoms with Crippen molar-refractivity contribution in [2.75, 3.05) is 17.6 Å². The summed E-state index contributed by atoms with van der Waals surface area (Å²) in [6.07, 6.45) is 0.380. The standard InChI is InChI=1S/C13H16N2O5S2/c1-9(16)14-10-2-4-12(5-3-10)22(19,20)15-7-13-6-11(15)8-21(13,17)18/h2-5,11,13H,6-8H2,1H3,(H,14,16). The molecule has 0 spiro atoms. The Bertz CT molecular complexity index is 814. The van der Waals surface area contributed by atoms with Crippen molar-refractivity contribution in [1.29, 1.82) is 0 Å². The summed E-state index contributed by atoms with van der Waals surface area (Å²) in [5.74, 6) is -0.335. The van der Waals surface area contributed by atoms with Crippen LogP contribution in [0, 0.1) is 0 Å². The zero-order valence-electron chi connectivity index (χ0n) is 11.9. The van der Waals surface area contributed by atoms with Crippen LogP contribution in [0.2, 0.25) is 0 Å². The molecule has 1 aromatic rings. The highest BCUT2D eigenvalue weighted by atomic mass is 32.2. The van der Waals surface area contributed by atoms with E-state index in [0.717, 1.165) is 0 Å². The van der Waals surface area contributed by atoms with Crippen LogP contribution in [0.4, 0.5) is 5.69 Å². The Hall–Kier alpha value is -1.45. The number of amides is 1. The average Bonchev–Trinajstić information content (AvgIpc) is 2.94. The zero-order valence-corrected chi connectivity index (χ0v) is 13.5. The molecule has 2 aliphatic heterocycles. The summed E-state index contributed by atoms with van der Waals surface area (Å²) in [7, 11) is -6.85. The number of sulfone groups is 1. The van der Waals surface area contributed by atoms with E-state index in [0.29, 0.717) is 12.1 Å². The minimum atomic E-state index is -3.71. The Kier molecular flexibility index (Phi) is 3.54. The maximum Gasteiger partial charge on any atom is 0.243 e. The number of rotatable bonds is 3. The maximum atomic E-state index is 12.6. The summed E-state index contributed by atoms with van der Waals surface area (Å²) < 4.78 is 49.9. The number of hydrogen-bond acceptors (Lipinski definition) is 5. The molecule has 2 heterocycles. The lowest BCUT2D eigenvalue weighted by Crippen LogP contribution is -2.43. The Balaban J connectivity index is 1.84. The Morgan fingerprint density at radius 3 is 2.36 bits per heavy atom. The molecule has 2 unspecified atom stereocenters. The SMILES string of the molecule is CC(=O)Nc1ccc(S(=O)(=O)N2CC3CC2CS3(=O)=O)cc1. The molecule has 0 saturated carbocycles. The molecule has 2 bridgehead atoms. The van der Waals surface area contributed by atoms with Crippen LogP contribution in [0.3, 0.4) is 0 Å². The van der Waals surface area contributed by atoms with Gasteiger partial charge in [-0.2, -0.15) is 4.31 Å². The third-order valence-corrected chi connectivity index (χ3v) is 8.18. The van der Waals surface area contributed by atoms with Crippen LogP contribution in [-0.4, -0.2) is 50.6 Å². The second-order valence-electron chi connectivity index (χ2n) is 5.62. The van der Waals surface area contributed by atoms with E-state index in [1.807, 2.05) is 0 Å². The number of nitrogens with zero attached hydrogens (tertiary/aromatic N) is 1. The van der Waals surface area contributed by atoms with E-state index in [9.17, 15) is 21.6 Å². The fraction of sp³-hybridized carbons (Fsp3) is 0.462. The van der Waals surface area contributed by atoms with Crippen molar-refractivity contribution in [3.8, 4) is 0 Å². The first-order valence-electron chi connectivity index (χ1n) is 6.81. The number of nitrogens with one attached hydrogen (secondary N) is 1. The van der Waals surface area contributed by atoms with Crippen LogP contribution in [-0.2, 0) is 24.7 Å². The molecule has 1 amide bonds. The highest BCUT2D eigenvalue weighted by Gasteiger charge is 2.52. The van der Waals surface area contributed by atoms with Crippen LogP contribution in [0.5, 0.6) is 0 Å². The molecule has 2 atom stereocenters. The second kappa shape index (κ2) is 5.04. The summed E-state index contributed by atoms with van der Waals surface area (Å²) in [4.78, 5) is 11.1. The molecule has 0 radical (unpaired) electrons. The molecule has 22 heavy (non-hydrogen) atoms. The number of hydrogen-bond donors (Lipinski definition) is 1. The number of carbonyl (C=O) groups excluding carboxylic acids is 1. The van der Waals surface area contributed by atoms with Crippen LogP contribution in [0.15, 0.2) is 29.2 Å². The van der Waals surface area contributed by atoms with Crippen LogP contribution in [0.1, 0.15) is 13.3 Å². The van der Waals surface area contributed by atoms with Gasteiger partial charge in [-0.1, -0.05) is 0 Å². The van der Waals surface area contributed by atoms with Crippen molar-refractivity contribution < 1.29 is 21.6 Å². The van der Waals surface area contributed by atoms with Crippen molar-refractivity contribution in [2.24, 2.45) is 0 Å². The number of sulfonamides is 1. The predicted molar refractivity (Wildman–Crippen MR) is 80.6 cm³/mol. The fourth-order valence-corrected chi connectivity index (χ4v) is 6.90. The van der Waals surface area contributed by atoms with Crippen molar-refractivity contribution >= 4 is 31.5 Å². The van der Waals surface area contributed by atoms with E-state index in [-0.39, 0.29) is 23.1 Å². The van der Waals surface area contributed by atoms with Gasteiger partial charge in [-0.15, -0.1) is 0 Å². The highest BCUT2D eigenvalue weighted by molar-refractivity contribution is 7.93. The molecule has 7 nitrogen and oxygen atoms in total. The normalized spacial score (nSPS) is 27.0. The number of anilines is 1. The summed E-state index contributed by atoms with van der Waals surface area (Å²) in [5.41, 5.74) is 0.511. The minimum Gasteiger partial charge on any atom is -0.326 e. The summed E-state index contributed by atoms with van der Waals surface area (Å²) in [5, 5.41) is 1.99. The predicted octanol–water partition coefficient (Wildman–Crippen LogP) is 0.205. The number of carbonyl (C=O) groups is 1. The third-order valence-electron chi connectivity index (χ3n) is 4.04. The number of benzene rings is 1. The summed E-state index contributed by atoms with van der Waals surface area (Å²) >= 11 is 0. The molecule has 1 aromatic carbocycles. The van der Waals surface area contributed by atoms with Crippen LogP contribution >= 0.6 is 0 Å². The van der Waals surface area contributed by atoms with Gasteiger partial charge in [-0.25, -0.2) is 16.8 Å². The van der Waals surface area contributed by atoms with Gasteiger partial charge in [-0.3, -0.25) is 4.79 Å². The molecular formula is C13H16N2O5S2. The van der Waals surface area contributed by atoms with E-state index >= 15 is 0 Å². The highest BCUT2D eigenvalue weighted by Crippen LogP contribution is 2.36. The largest absolute Gasteiger partial charge is 0.326 e. The first kappa shape index (κ1) is 15.4. The molecule has 0 aromatic heterocycles. The van der Waals surface area contributed by atoms with E-state index in [1.54, 1.807) is 0 Å². The van der Waals surface area contributed by atoms with E-state index in [4.69, 9.17) is 0 Å². The Morgan fingerprint density at radius 1 is 1.27 bits per heavy atom. The van der Waals surface area contributed by atoms with Crippen molar-refractivity contribution in [1.82, 2.24) is 4.31 Å². The first-order chi connectivity index (χ1) is 10.2. The van der Waals surface area contributed by atoms with Crippen LogP contribution in [0.25, 0.3) is 0 Å². The smallest absolute Gasteiger partial charge is 0.243 e. The van der Waals surface area contributed by atoms with Gasteiger partial charge in [-0.05, 0) is 30.7 Å². The quantitative estimate of drug-likeness (QED) is 0.844. The summed E-state index contributed by atoms with van der Waals surface area (Å²) in [6, 6.07) is 5.40.